The number of benzene rings is 1. The Labute approximate surface area is 172 Å². The summed E-state index contributed by atoms with van der Waals surface area (Å²) in [6, 6.07) is 8.49. The topological polar surface area (TPSA) is 55.8 Å². The predicted octanol–water partition coefficient (Wildman–Crippen LogP) is 4.43. The highest BCUT2D eigenvalue weighted by molar-refractivity contribution is 5.93. The summed E-state index contributed by atoms with van der Waals surface area (Å²) < 4.78 is 0. The molecule has 5 nitrogen and oxygen atoms in total. The van der Waals surface area contributed by atoms with Crippen molar-refractivity contribution in [1.29, 1.82) is 0 Å². The van der Waals surface area contributed by atoms with Crippen molar-refractivity contribution in [3.63, 3.8) is 0 Å². The molecule has 1 aromatic rings. The van der Waals surface area contributed by atoms with Crippen molar-refractivity contribution in [2.24, 2.45) is 5.92 Å². The van der Waals surface area contributed by atoms with E-state index >= 15 is 0 Å². The zero-order valence-electron chi connectivity index (χ0n) is 18.2. The third-order valence-corrected chi connectivity index (χ3v) is 5.63. The van der Waals surface area contributed by atoms with Crippen LogP contribution in [0.3, 0.4) is 0 Å². The molecule has 2 fully saturated rings. The Bertz CT molecular complexity index is 496. The van der Waals surface area contributed by atoms with Gasteiger partial charge in [-0.2, -0.15) is 0 Å². The van der Waals surface area contributed by atoms with E-state index < -0.39 is 5.91 Å². The fraction of sp³-hybridized carbons (Fsp3) is 0.696. The van der Waals surface area contributed by atoms with Crippen LogP contribution in [0, 0.1) is 5.92 Å². The molecule has 0 spiro atoms. The van der Waals surface area contributed by atoms with E-state index in [0.717, 1.165) is 5.92 Å². The average Bonchev–Trinajstić information content (AvgIpc) is 2.80. The third kappa shape index (κ3) is 9.67. The molecule has 1 saturated carbocycles. The van der Waals surface area contributed by atoms with E-state index in [2.05, 4.69) is 16.7 Å². The molecule has 3 rings (SSSR count). The Morgan fingerprint density at radius 2 is 1.57 bits per heavy atom. The molecule has 5 heteroatoms. The van der Waals surface area contributed by atoms with Gasteiger partial charge in [-0.1, -0.05) is 71.1 Å². The molecule has 1 aliphatic heterocycles. The third-order valence-electron chi connectivity index (χ3n) is 5.63. The lowest BCUT2D eigenvalue weighted by Crippen LogP contribution is -2.46. The van der Waals surface area contributed by atoms with Gasteiger partial charge in [-0.25, -0.2) is 5.48 Å². The largest absolute Gasteiger partial charge is 0.301 e. The van der Waals surface area contributed by atoms with Crippen molar-refractivity contribution in [3.05, 3.63) is 35.9 Å². The van der Waals surface area contributed by atoms with Crippen molar-refractivity contribution < 1.29 is 10.0 Å². The smallest absolute Gasteiger partial charge is 0.274 e. The number of hydrogen-bond donors (Lipinski definition) is 2. The SMILES string of the molecule is CC.CCN1CCN(CCC2CCCCC2)CC1.O=C(NO)c1ccccc1. The Morgan fingerprint density at radius 3 is 2.11 bits per heavy atom. The van der Waals surface area contributed by atoms with E-state index in [-0.39, 0.29) is 0 Å². The van der Waals surface area contributed by atoms with E-state index in [1.807, 2.05) is 13.8 Å². The van der Waals surface area contributed by atoms with Crippen LogP contribution in [0.1, 0.15) is 69.7 Å². The summed E-state index contributed by atoms with van der Waals surface area (Å²) in [5.74, 6) is 0.568. The molecule has 1 heterocycles. The van der Waals surface area contributed by atoms with Crippen LogP contribution in [-0.4, -0.2) is 60.2 Å². The molecule has 0 atom stereocenters. The molecule has 0 unspecified atom stereocenters. The molecule has 1 saturated heterocycles. The molecule has 160 valence electrons. The fourth-order valence-corrected chi connectivity index (χ4v) is 3.82. The number of nitrogens with zero attached hydrogens (tertiary/aromatic N) is 2. The van der Waals surface area contributed by atoms with Gasteiger partial charge in [0.15, 0.2) is 0 Å². The second-order valence-electron chi connectivity index (χ2n) is 7.38. The highest BCUT2D eigenvalue weighted by Gasteiger charge is 2.18. The number of nitrogens with one attached hydrogen (secondary N) is 1. The molecular weight excluding hydrogens is 350 g/mol. The molecule has 1 aliphatic carbocycles. The van der Waals surface area contributed by atoms with Gasteiger partial charge >= 0.3 is 0 Å². The second-order valence-corrected chi connectivity index (χ2v) is 7.38. The average molecular weight is 392 g/mol. The number of carbonyl (C=O) groups excluding carboxylic acids is 1. The van der Waals surface area contributed by atoms with Crippen molar-refractivity contribution in [2.75, 3.05) is 39.3 Å². The van der Waals surface area contributed by atoms with Gasteiger partial charge in [0.2, 0.25) is 0 Å². The summed E-state index contributed by atoms with van der Waals surface area (Å²) in [6.07, 6.45) is 8.96. The summed E-state index contributed by atoms with van der Waals surface area (Å²) in [7, 11) is 0. The Morgan fingerprint density at radius 1 is 1.00 bits per heavy atom. The zero-order chi connectivity index (χ0) is 20.6. The number of hydroxylamine groups is 1. The van der Waals surface area contributed by atoms with Gasteiger partial charge in [-0.3, -0.25) is 10.0 Å². The first kappa shape index (κ1) is 24.6. The van der Waals surface area contributed by atoms with Crippen LogP contribution in [0.4, 0.5) is 0 Å². The summed E-state index contributed by atoms with van der Waals surface area (Å²) >= 11 is 0. The van der Waals surface area contributed by atoms with Crippen LogP contribution >= 0.6 is 0 Å². The molecule has 2 N–H and O–H groups in total. The molecule has 0 aromatic heterocycles. The lowest BCUT2D eigenvalue weighted by Gasteiger charge is -2.35. The highest BCUT2D eigenvalue weighted by Crippen LogP contribution is 2.26. The van der Waals surface area contributed by atoms with Crippen molar-refractivity contribution in [3.8, 4) is 0 Å². The van der Waals surface area contributed by atoms with Crippen LogP contribution in [-0.2, 0) is 0 Å². The van der Waals surface area contributed by atoms with Crippen LogP contribution in [0.25, 0.3) is 0 Å². The zero-order valence-corrected chi connectivity index (χ0v) is 18.2. The normalized spacial score (nSPS) is 18.3. The van der Waals surface area contributed by atoms with Gasteiger partial charge in [-0.15, -0.1) is 0 Å². The molecule has 0 radical (unpaired) electrons. The first-order chi connectivity index (χ1) is 13.7. The quantitative estimate of drug-likeness (QED) is 0.576. The van der Waals surface area contributed by atoms with Gasteiger partial charge in [0, 0.05) is 31.7 Å². The lowest BCUT2D eigenvalue weighted by molar-refractivity contribution is 0.0706. The van der Waals surface area contributed by atoms with E-state index in [4.69, 9.17) is 5.21 Å². The first-order valence-electron chi connectivity index (χ1n) is 11.2. The number of hydrogen-bond acceptors (Lipinski definition) is 4. The monoisotopic (exact) mass is 391 g/mol. The van der Waals surface area contributed by atoms with Crippen LogP contribution in [0.2, 0.25) is 0 Å². The number of rotatable bonds is 5. The maximum Gasteiger partial charge on any atom is 0.274 e. The van der Waals surface area contributed by atoms with Gasteiger partial charge < -0.3 is 9.80 Å². The van der Waals surface area contributed by atoms with Crippen LogP contribution in [0.5, 0.6) is 0 Å². The van der Waals surface area contributed by atoms with Crippen LogP contribution in [0.15, 0.2) is 30.3 Å². The fourth-order valence-electron chi connectivity index (χ4n) is 3.82. The van der Waals surface area contributed by atoms with Gasteiger partial charge in [0.1, 0.15) is 0 Å². The van der Waals surface area contributed by atoms with Crippen molar-refractivity contribution in [1.82, 2.24) is 15.3 Å². The minimum Gasteiger partial charge on any atom is -0.301 e. The molecule has 28 heavy (non-hydrogen) atoms. The maximum absolute atomic E-state index is 10.7. The van der Waals surface area contributed by atoms with Gasteiger partial charge in [0.25, 0.3) is 5.91 Å². The van der Waals surface area contributed by atoms with Crippen molar-refractivity contribution >= 4 is 5.91 Å². The highest BCUT2D eigenvalue weighted by atomic mass is 16.5. The van der Waals surface area contributed by atoms with E-state index in [1.165, 1.54) is 77.8 Å². The summed E-state index contributed by atoms with van der Waals surface area (Å²) in [4.78, 5) is 15.9. The van der Waals surface area contributed by atoms with Crippen LogP contribution < -0.4 is 5.48 Å². The van der Waals surface area contributed by atoms with Crippen molar-refractivity contribution in [2.45, 2.75) is 59.3 Å². The Kier molecular flexibility index (Phi) is 13.6. The van der Waals surface area contributed by atoms with Gasteiger partial charge in [0.05, 0.1) is 0 Å². The van der Waals surface area contributed by atoms with Gasteiger partial charge in [-0.05, 0) is 37.6 Å². The minimum atomic E-state index is -0.486. The minimum absolute atomic E-state index is 0.449. The standard InChI is InChI=1S/C14H28N2.C7H7NO2.C2H6/c1-2-15-10-12-16(13-11-15)9-8-14-6-4-3-5-7-14;9-7(8-10)6-4-2-1-3-5-6;1-2/h14H,2-13H2,1H3;1-5,10H,(H,8,9);1-2H3. The molecule has 0 bridgehead atoms. The first-order valence-corrected chi connectivity index (χ1v) is 11.2. The number of carbonyl (C=O) groups is 1. The maximum atomic E-state index is 10.7. The molecule has 2 aliphatic rings. The molecule has 1 aromatic carbocycles. The van der Waals surface area contributed by atoms with E-state index in [9.17, 15) is 4.79 Å². The van der Waals surface area contributed by atoms with E-state index in [0.29, 0.717) is 5.56 Å². The second kappa shape index (κ2) is 15.5. The lowest BCUT2D eigenvalue weighted by atomic mass is 9.87. The Hall–Kier alpha value is -1.43. The Balaban J connectivity index is 0.000000281. The number of likely N-dealkylation sites (N-methyl/N-ethyl adjacent to an activating group) is 1. The summed E-state index contributed by atoms with van der Waals surface area (Å²) in [6.45, 7) is 14.1. The number of piperazine rings is 1. The predicted molar refractivity (Wildman–Crippen MR) is 117 cm³/mol. The summed E-state index contributed by atoms with van der Waals surface area (Å²) in [5.41, 5.74) is 1.99. The summed E-state index contributed by atoms with van der Waals surface area (Å²) in [5, 5.41) is 8.19. The van der Waals surface area contributed by atoms with E-state index in [1.54, 1.807) is 35.8 Å². The molecule has 1 amide bonds. The molecular formula is C23H41N3O2. The number of amides is 1.